The zero-order valence-electron chi connectivity index (χ0n) is 14.4. The van der Waals surface area contributed by atoms with Crippen molar-refractivity contribution in [3.63, 3.8) is 0 Å². The number of allylic oxidation sites excluding steroid dienone is 1. The average molecular weight is 366 g/mol. The van der Waals surface area contributed by atoms with E-state index in [2.05, 4.69) is 0 Å². The molecule has 0 atom stereocenters. The van der Waals surface area contributed by atoms with Gasteiger partial charge in [0, 0.05) is 17.2 Å². The SMILES string of the molecule is COc1cc(OC)c(OC)cc1/C=C/C(=O)c1cccc(C(F)(F)F)c1. The van der Waals surface area contributed by atoms with Gasteiger partial charge in [-0.3, -0.25) is 4.79 Å². The first-order valence-electron chi connectivity index (χ1n) is 7.49. The lowest BCUT2D eigenvalue weighted by molar-refractivity contribution is -0.137. The summed E-state index contributed by atoms with van der Waals surface area (Å²) in [5, 5.41) is 0. The van der Waals surface area contributed by atoms with Crippen LogP contribution in [-0.4, -0.2) is 27.1 Å². The molecule has 0 aliphatic carbocycles. The van der Waals surface area contributed by atoms with Crippen LogP contribution in [0.2, 0.25) is 0 Å². The maximum atomic E-state index is 12.8. The highest BCUT2D eigenvalue weighted by Gasteiger charge is 2.30. The minimum Gasteiger partial charge on any atom is -0.496 e. The predicted octanol–water partition coefficient (Wildman–Crippen LogP) is 4.63. The fraction of sp³-hybridized carbons (Fsp3) is 0.211. The van der Waals surface area contributed by atoms with Crippen LogP contribution in [0.15, 0.2) is 42.5 Å². The topological polar surface area (TPSA) is 44.8 Å². The van der Waals surface area contributed by atoms with E-state index in [4.69, 9.17) is 14.2 Å². The number of rotatable bonds is 6. The molecule has 0 aromatic heterocycles. The fourth-order valence-electron chi connectivity index (χ4n) is 2.29. The van der Waals surface area contributed by atoms with Crippen LogP contribution in [0.4, 0.5) is 13.2 Å². The van der Waals surface area contributed by atoms with Gasteiger partial charge in [0.2, 0.25) is 0 Å². The molecule has 0 bridgehead atoms. The van der Waals surface area contributed by atoms with E-state index in [1.807, 2.05) is 0 Å². The van der Waals surface area contributed by atoms with Crippen molar-refractivity contribution < 1.29 is 32.2 Å². The predicted molar refractivity (Wildman–Crippen MR) is 90.9 cm³/mol. The Kier molecular flexibility index (Phi) is 5.92. The highest BCUT2D eigenvalue weighted by Crippen LogP contribution is 2.35. The third-order valence-electron chi connectivity index (χ3n) is 3.62. The number of carbonyl (C=O) groups excluding carboxylic acids is 1. The van der Waals surface area contributed by atoms with Gasteiger partial charge in [-0.15, -0.1) is 0 Å². The Morgan fingerprint density at radius 2 is 1.54 bits per heavy atom. The molecule has 0 spiro atoms. The fourth-order valence-corrected chi connectivity index (χ4v) is 2.29. The normalized spacial score (nSPS) is 11.5. The van der Waals surface area contributed by atoms with Crippen molar-refractivity contribution >= 4 is 11.9 Å². The maximum absolute atomic E-state index is 12.8. The number of ketones is 1. The molecule has 0 N–H and O–H groups in total. The molecule has 0 heterocycles. The van der Waals surface area contributed by atoms with Gasteiger partial charge in [-0.2, -0.15) is 13.2 Å². The molecule has 4 nitrogen and oxygen atoms in total. The van der Waals surface area contributed by atoms with Crippen molar-refractivity contribution in [1.82, 2.24) is 0 Å². The van der Waals surface area contributed by atoms with Crippen LogP contribution in [0.1, 0.15) is 21.5 Å². The zero-order chi connectivity index (χ0) is 19.3. The van der Waals surface area contributed by atoms with Crippen molar-refractivity contribution in [2.75, 3.05) is 21.3 Å². The molecule has 2 aromatic carbocycles. The summed E-state index contributed by atoms with van der Waals surface area (Å²) in [5.74, 6) is 0.744. The third kappa shape index (κ3) is 4.36. The van der Waals surface area contributed by atoms with Crippen LogP contribution >= 0.6 is 0 Å². The number of benzene rings is 2. The third-order valence-corrected chi connectivity index (χ3v) is 3.62. The molecule has 2 aromatic rings. The van der Waals surface area contributed by atoms with E-state index in [0.29, 0.717) is 22.8 Å². The first-order valence-corrected chi connectivity index (χ1v) is 7.49. The Morgan fingerprint density at radius 1 is 0.923 bits per heavy atom. The van der Waals surface area contributed by atoms with Crippen molar-refractivity contribution in [2.45, 2.75) is 6.18 Å². The Morgan fingerprint density at radius 3 is 2.12 bits per heavy atom. The number of alkyl halides is 3. The number of halogens is 3. The van der Waals surface area contributed by atoms with Gasteiger partial charge in [-0.1, -0.05) is 12.1 Å². The second-order valence-corrected chi connectivity index (χ2v) is 5.23. The Balaban J connectivity index is 2.33. The van der Waals surface area contributed by atoms with Crippen LogP contribution in [-0.2, 0) is 6.18 Å². The van der Waals surface area contributed by atoms with Gasteiger partial charge in [0.05, 0.1) is 26.9 Å². The number of hydrogen-bond donors (Lipinski definition) is 0. The molecule has 0 radical (unpaired) electrons. The highest BCUT2D eigenvalue weighted by atomic mass is 19.4. The van der Waals surface area contributed by atoms with Gasteiger partial charge in [0.25, 0.3) is 0 Å². The summed E-state index contributed by atoms with van der Waals surface area (Å²) in [6.07, 6.45) is -1.88. The number of ether oxygens (including phenoxy) is 3. The molecule has 0 saturated heterocycles. The zero-order valence-corrected chi connectivity index (χ0v) is 14.4. The van der Waals surface area contributed by atoms with Crippen LogP contribution in [0.5, 0.6) is 17.2 Å². The summed E-state index contributed by atoms with van der Waals surface area (Å²) in [7, 11) is 4.39. The van der Waals surface area contributed by atoms with E-state index in [9.17, 15) is 18.0 Å². The smallest absolute Gasteiger partial charge is 0.416 e. The quantitative estimate of drug-likeness (QED) is 0.552. The molecule has 26 heavy (non-hydrogen) atoms. The lowest BCUT2D eigenvalue weighted by Gasteiger charge is -2.12. The molecule has 0 fully saturated rings. The van der Waals surface area contributed by atoms with Gasteiger partial charge >= 0.3 is 6.18 Å². The second-order valence-electron chi connectivity index (χ2n) is 5.23. The molecule has 0 aliphatic rings. The molecule has 7 heteroatoms. The summed E-state index contributed by atoms with van der Waals surface area (Å²) in [4.78, 5) is 12.2. The second kappa shape index (κ2) is 7.95. The average Bonchev–Trinajstić information content (AvgIpc) is 2.64. The summed E-state index contributed by atoms with van der Waals surface area (Å²) in [6, 6.07) is 7.45. The Hall–Kier alpha value is -2.96. The molecular weight excluding hydrogens is 349 g/mol. The highest BCUT2D eigenvalue weighted by molar-refractivity contribution is 6.07. The van der Waals surface area contributed by atoms with Gasteiger partial charge in [0.15, 0.2) is 17.3 Å². The van der Waals surface area contributed by atoms with E-state index in [1.165, 1.54) is 45.6 Å². The van der Waals surface area contributed by atoms with E-state index in [0.717, 1.165) is 12.1 Å². The summed E-state index contributed by atoms with van der Waals surface area (Å²) >= 11 is 0. The van der Waals surface area contributed by atoms with Gasteiger partial charge in [-0.05, 0) is 30.4 Å². The van der Waals surface area contributed by atoms with E-state index in [1.54, 1.807) is 12.1 Å². The van der Waals surface area contributed by atoms with Gasteiger partial charge < -0.3 is 14.2 Å². The van der Waals surface area contributed by atoms with Crippen LogP contribution < -0.4 is 14.2 Å². The summed E-state index contributed by atoms with van der Waals surface area (Å²) in [6.45, 7) is 0. The maximum Gasteiger partial charge on any atom is 0.416 e. The lowest BCUT2D eigenvalue weighted by Crippen LogP contribution is -2.06. The summed E-state index contributed by atoms with van der Waals surface area (Å²) < 4.78 is 53.9. The number of methoxy groups -OCH3 is 3. The van der Waals surface area contributed by atoms with Crippen molar-refractivity contribution in [1.29, 1.82) is 0 Å². The minimum absolute atomic E-state index is 0.0597. The van der Waals surface area contributed by atoms with E-state index in [-0.39, 0.29) is 5.56 Å². The molecule has 0 aliphatic heterocycles. The molecule has 0 amide bonds. The van der Waals surface area contributed by atoms with E-state index < -0.39 is 17.5 Å². The van der Waals surface area contributed by atoms with Crippen molar-refractivity contribution in [3.05, 3.63) is 59.2 Å². The first kappa shape index (κ1) is 19.4. The monoisotopic (exact) mass is 366 g/mol. The molecule has 2 rings (SSSR count). The van der Waals surface area contributed by atoms with Gasteiger partial charge in [0.1, 0.15) is 5.75 Å². The van der Waals surface area contributed by atoms with Crippen LogP contribution in [0, 0.1) is 0 Å². The minimum atomic E-state index is -4.51. The Labute approximate surface area is 148 Å². The Bertz CT molecular complexity index is 826. The largest absolute Gasteiger partial charge is 0.496 e. The van der Waals surface area contributed by atoms with Crippen molar-refractivity contribution in [3.8, 4) is 17.2 Å². The molecule has 0 unspecified atom stereocenters. The van der Waals surface area contributed by atoms with Gasteiger partial charge in [-0.25, -0.2) is 0 Å². The number of hydrogen-bond acceptors (Lipinski definition) is 4. The molecule has 0 saturated carbocycles. The molecule has 138 valence electrons. The summed E-state index contributed by atoms with van der Waals surface area (Å²) in [5.41, 5.74) is -0.415. The molecular formula is C19H17F3O4. The first-order chi connectivity index (χ1) is 12.3. The van der Waals surface area contributed by atoms with Crippen molar-refractivity contribution in [2.24, 2.45) is 0 Å². The number of carbonyl (C=O) groups is 1. The van der Waals surface area contributed by atoms with Crippen LogP contribution in [0.25, 0.3) is 6.08 Å². The standard InChI is InChI=1S/C19H17F3O4/c1-24-16-11-18(26-3)17(25-2)10-13(16)7-8-15(23)12-5-4-6-14(9-12)19(20,21)22/h4-11H,1-3H3/b8-7+. The van der Waals surface area contributed by atoms with E-state index >= 15 is 0 Å². The lowest BCUT2D eigenvalue weighted by atomic mass is 10.1. The van der Waals surface area contributed by atoms with Crippen LogP contribution in [0.3, 0.4) is 0 Å².